The van der Waals surface area contributed by atoms with Crippen LogP contribution in [-0.4, -0.2) is 10.6 Å². The molecule has 0 saturated carbocycles. The lowest BCUT2D eigenvalue weighted by Crippen LogP contribution is -3.00. The van der Waals surface area contributed by atoms with Crippen LogP contribution < -0.4 is 21.5 Å². The molecule has 1 aliphatic heterocycles. The maximum Gasteiger partial charge on any atom is 0.241 e. The monoisotopic (exact) mass is 461 g/mol. The van der Waals surface area contributed by atoms with Crippen LogP contribution in [0.4, 0.5) is 0 Å². The molecule has 2 heterocycles. The highest BCUT2D eigenvalue weighted by atomic mass is 79.9. The Labute approximate surface area is 166 Å². The summed E-state index contributed by atoms with van der Waals surface area (Å²) in [5.41, 5.74) is 5.15. The van der Waals surface area contributed by atoms with Crippen molar-refractivity contribution in [2.45, 2.75) is 16.8 Å². The Hall–Kier alpha value is -1.10. The molecule has 4 heteroatoms. The Balaban J connectivity index is 0.00000169. The van der Waals surface area contributed by atoms with Crippen molar-refractivity contribution in [2.24, 2.45) is 0 Å². The third-order valence-electron chi connectivity index (χ3n) is 4.15. The van der Waals surface area contributed by atoms with Crippen molar-refractivity contribution >= 4 is 27.7 Å². The third kappa shape index (κ3) is 3.46. The summed E-state index contributed by atoms with van der Waals surface area (Å²) in [6.07, 6.45) is 0. The molecule has 122 valence electrons. The van der Waals surface area contributed by atoms with Crippen LogP contribution in [0, 0.1) is 0 Å². The normalized spacial score (nSPS) is 15.6. The van der Waals surface area contributed by atoms with Crippen molar-refractivity contribution < 1.29 is 21.5 Å². The van der Waals surface area contributed by atoms with Gasteiger partial charge < -0.3 is 17.0 Å². The van der Waals surface area contributed by atoms with Gasteiger partial charge in [0.25, 0.3) is 0 Å². The molecule has 0 bridgehead atoms. The van der Waals surface area contributed by atoms with Crippen LogP contribution in [0.25, 0.3) is 22.4 Å². The molecule has 1 aromatic heterocycles. The molecule has 0 saturated heterocycles. The van der Waals surface area contributed by atoms with Crippen LogP contribution in [0.3, 0.4) is 0 Å². The van der Waals surface area contributed by atoms with Crippen LogP contribution in [0.1, 0.15) is 0 Å². The molecule has 1 atom stereocenters. The largest absolute Gasteiger partial charge is 1.00 e. The van der Waals surface area contributed by atoms with E-state index in [1.165, 1.54) is 27.4 Å². The Morgan fingerprint density at radius 3 is 2.12 bits per heavy atom. The van der Waals surface area contributed by atoms with Gasteiger partial charge in [-0.15, -0.1) is 0 Å². The summed E-state index contributed by atoms with van der Waals surface area (Å²) in [6, 6.07) is 26.0. The zero-order chi connectivity index (χ0) is 15.6. The smallest absolute Gasteiger partial charge is 0.241 e. The lowest BCUT2D eigenvalue weighted by atomic mass is 10.0. The van der Waals surface area contributed by atoms with Crippen LogP contribution in [0.5, 0.6) is 0 Å². The second kappa shape index (κ2) is 7.85. The fraction of sp³-hybridized carbons (Fsp3) is 0.150. The van der Waals surface area contributed by atoms with Crippen molar-refractivity contribution in [1.29, 1.82) is 0 Å². The van der Waals surface area contributed by atoms with E-state index in [-0.39, 0.29) is 17.0 Å². The molecule has 24 heavy (non-hydrogen) atoms. The Morgan fingerprint density at radius 2 is 1.50 bits per heavy atom. The van der Waals surface area contributed by atoms with Gasteiger partial charge in [-0.1, -0.05) is 64.5 Å². The van der Waals surface area contributed by atoms with Crippen molar-refractivity contribution in [3.63, 3.8) is 0 Å². The second-order valence-corrected chi connectivity index (χ2v) is 7.67. The van der Waals surface area contributed by atoms with Crippen LogP contribution in [0.2, 0.25) is 0 Å². The van der Waals surface area contributed by atoms with Gasteiger partial charge in [0.2, 0.25) is 10.7 Å². The molecule has 0 N–H and O–H groups in total. The minimum absolute atomic E-state index is 0. The first-order chi connectivity index (χ1) is 11.3. The Kier molecular flexibility index (Phi) is 5.80. The molecule has 3 aromatic rings. The summed E-state index contributed by atoms with van der Waals surface area (Å²) < 4.78 is 2.46. The highest BCUT2D eigenvalue weighted by molar-refractivity contribution is 9.09. The number of benzene rings is 2. The number of thioether (sulfide) groups is 1. The van der Waals surface area contributed by atoms with Gasteiger partial charge in [-0.2, -0.15) is 4.57 Å². The molecule has 1 nitrogen and oxygen atoms in total. The number of aromatic nitrogens is 1. The topological polar surface area (TPSA) is 3.88 Å². The van der Waals surface area contributed by atoms with E-state index in [1.807, 2.05) is 11.8 Å². The molecule has 0 aliphatic carbocycles. The number of hydrogen-bond donors (Lipinski definition) is 0. The van der Waals surface area contributed by atoms with Gasteiger partial charge in [-0.3, -0.25) is 0 Å². The summed E-state index contributed by atoms with van der Waals surface area (Å²) in [5, 5.41) is 2.98. The molecule has 2 aromatic carbocycles. The van der Waals surface area contributed by atoms with Gasteiger partial charge in [0.05, 0.1) is 5.25 Å². The number of halogens is 2. The van der Waals surface area contributed by atoms with E-state index < -0.39 is 0 Å². The molecule has 4 rings (SSSR count). The number of rotatable bonds is 3. The lowest BCUT2D eigenvalue weighted by molar-refractivity contribution is -0.715. The lowest BCUT2D eigenvalue weighted by Gasteiger charge is -2.06. The third-order valence-corrected chi connectivity index (χ3v) is 6.59. The maximum atomic E-state index is 3.65. The first kappa shape index (κ1) is 17.7. The van der Waals surface area contributed by atoms with E-state index in [4.69, 9.17) is 0 Å². The zero-order valence-electron chi connectivity index (χ0n) is 13.0. The number of fused-ring (bicyclic) bond motifs is 1. The SMILES string of the molecule is BrCC1C[n+]2c(cc(-c3ccccc3)cc2-c2ccccc2)S1.[Br-]. The van der Waals surface area contributed by atoms with Crippen molar-refractivity contribution in [2.75, 3.05) is 5.33 Å². The van der Waals surface area contributed by atoms with Gasteiger partial charge >= 0.3 is 0 Å². The maximum absolute atomic E-state index is 3.65. The van der Waals surface area contributed by atoms with Crippen molar-refractivity contribution in [3.05, 3.63) is 72.8 Å². The Morgan fingerprint density at radius 1 is 0.875 bits per heavy atom. The number of nitrogens with zero attached hydrogens (tertiary/aromatic N) is 1. The summed E-state index contributed by atoms with van der Waals surface area (Å²) >= 11 is 5.62. The molecule has 0 fully saturated rings. The number of hydrogen-bond acceptors (Lipinski definition) is 1. The summed E-state index contributed by atoms with van der Waals surface area (Å²) in [4.78, 5) is 0. The minimum atomic E-state index is 0. The van der Waals surface area contributed by atoms with E-state index in [2.05, 4.69) is 93.3 Å². The van der Waals surface area contributed by atoms with Crippen LogP contribution in [0.15, 0.2) is 77.8 Å². The van der Waals surface area contributed by atoms with Crippen LogP contribution in [-0.2, 0) is 6.54 Å². The predicted octanol–water partition coefficient (Wildman–Crippen LogP) is 2.18. The average Bonchev–Trinajstić information content (AvgIpc) is 3.05. The van der Waals surface area contributed by atoms with Crippen molar-refractivity contribution in [1.82, 2.24) is 0 Å². The summed E-state index contributed by atoms with van der Waals surface area (Å²) in [7, 11) is 0. The predicted molar refractivity (Wildman–Crippen MR) is 101 cm³/mol. The molecule has 0 radical (unpaired) electrons. The van der Waals surface area contributed by atoms with E-state index >= 15 is 0 Å². The quantitative estimate of drug-likeness (QED) is 0.426. The standard InChI is InChI=1S/C20H17BrNS.BrH/c21-13-18-14-22-19(16-9-5-2-6-10-16)11-17(12-20(22)23-18)15-7-3-1-4-8-15;/h1-12,18H,13-14H2;1H/q+1;/p-1. The first-order valence-corrected chi connectivity index (χ1v) is 9.76. The molecular weight excluding hydrogens is 446 g/mol. The van der Waals surface area contributed by atoms with Gasteiger partial charge in [0, 0.05) is 23.0 Å². The average molecular weight is 463 g/mol. The van der Waals surface area contributed by atoms with Crippen LogP contribution >= 0.6 is 27.7 Å². The van der Waals surface area contributed by atoms with Gasteiger partial charge in [-0.25, -0.2) is 0 Å². The first-order valence-electron chi connectivity index (χ1n) is 7.76. The van der Waals surface area contributed by atoms with Gasteiger partial charge in [0.15, 0.2) is 6.54 Å². The van der Waals surface area contributed by atoms with Gasteiger partial charge in [0.1, 0.15) is 0 Å². The van der Waals surface area contributed by atoms with E-state index in [0.717, 1.165) is 11.9 Å². The number of alkyl halides is 1. The fourth-order valence-electron chi connectivity index (χ4n) is 3.02. The van der Waals surface area contributed by atoms with E-state index in [0.29, 0.717) is 5.25 Å². The molecule has 0 amide bonds. The van der Waals surface area contributed by atoms with E-state index in [1.54, 1.807) is 0 Å². The molecule has 1 aliphatic rings. The second-order valence-electron chi connectivity index (χ2n) is 5.70. The summed E-state index contributed by atoms with van der Waals surface area (Å²) in [6.45, 7) is 1.06. The van der Waals surface area contributed by atoms with E-state index in [9.17, 15) is 0 Å². The Bertz CT molecular complexity index is 822. The summed E-state index contributed by atoms with van der Waals surface area (Å²) in [5.74, 6) is 0. The zero-order valence-corrected chi connectivity index (χ0v) is 17.0. The fourth-order valence-corrected chi connectivity index (χ4v) is 4.74. The van der Waals surface area contributed by atoms with Crippen molar-refractivity contribution in [3.8, 4) is 22.4 Å². The molecular formula is C20H17Br2NS. The highest BCUT2D eigenvalue weighted by Crippen LogP contribution is 2.34. The molecule has 1 unspecified atom stereocenters. The molecule has 0 spiro atoms. The minimum Gasteiger partial charge on any atom is -1.00 e. The van der Waals surface area contributed by atoms with Gasteiger partial charge in [-0.05, 0) is 35.0 Å². The highest BCUT2D eigenvalue weighted by Gasteiger charge is 2.33. The number of pyridine rings is 1.